The Balaban J connectivity index is 1.56. The molecule has 0 unspecified atom stereocenters. The van der Waals surface area contributed by atoms with Gasteiger partial charge in [-0.25, -0.2) is 4.98 Å². The number of hydrogen-bond donors (Lipinski definition) is 1. The number of amides is 1. The summed E-state index contributed by atoms with van der Waals surface area (Å²) in [6.07, 6.45) is 7.80. The Morgan fingerprint density at radius 1 is 1.25 bits per heavy atom. The first-order valence-electron chi connectivity index (χ1n) is 8.64. The summed E-state index contributed by atoms with van der Waals surface area (Å²) in [6.45, 7) is 3.66. The number of hydrogen-bond acceptors (Lipinski definition) is 4. The van der Waals surface area contributed by atoms with Gasteiger partial charge in [-0.3, -0.25) is 9.78 Å². The predicted molar refractivity (Wildman–Crippen MR) is 94.7 cm³/mol. The van der Waals surface area contributed by atoms with E-state index in [-0.39, 0.29) is 11.8 Å². The average Bonchev–Trinajstić information content (AvgIpc) is 2.65. The maximum Gasteiger partial charge on any atom is 0.230 e. The molecule has 0 bridgehead atoms. The summed E-state index contributed by atoms with van der Waals surface area (Å²) in [5, 5.41) is 3.40. The first kappa shape index (κ1) is 16.4. The van der Waals surface area contributed by atoms with Crippen LogP contribution in [0.25, 0.3) is 0 Å². The van der Waals surface area contributed by atoms with Crippen molar-refractivity contribution in [3.8, 4) is 0 Å². The minimum Gasteiger partial charge on any atom is -0.366 e. The van der Waals surface area contributed by atoms with Gasteiger partial charge in [0.1, 0.15) is 5.82 Å². The van der Waals surface area contributed by atoms with Crippen LogP contribution in [0.15, 0.2) is 48.9 Å². The second-order valence-electron chi connectivity index (χ2n) is 6.21. The van der Waals surface area contributed by atoms with Gasteiger partial charge in [-0.2, -0.15) is 0 Å². The lowest BCUT2D eigenvalue weighted by atomic mass is 9.93. The average molecular weight is 324 g/mol. The molecule has 0 aliphatic carbocycles. The maximum absolute atomic E-state index is 12.9. The Bertz CT molecular complexity index is 639. The van der Waals surface area contributed by atoms with E-state index in [2.05, 4.69) is 34.3 Å². The number of carbonyl (C=O) groups is 1. The van der Waals surface area contributed by atoms with E-state index in [1.165, 1.54) is 0 Å². The van der Waals surface area contributed by atoms with Crippen molar-refractivity contribution in [2.45, 2.75) is 38.1 Å². The predicted octanol–water partition coefficient (Wildman–Crippen LogP) is 3.07. The topological polar surface area (TPSA) is 58.1 Å². The van der Waals surface area contributed by atoms with Crippen molar-refractivity contribution in [1.29, 1.82) is 0 Å². The minimum atomic E-state index is -0.0318. The second kappa shape index (κ2) is 7.90. The van der Waals surface area contributed by atoms with Crippen LogP contribution in [0.4, 0.5) is 5.82 Å². The second-order valence-corrected chi connectivity index (χ2v) is 6.21. The number of aromatic nitrogens is 2. The molecular weight excluding hydrogens is 300 g/mol. The lowest BCUT2D eigenvalue weighted by molar-refractivity contribution is -0.133. The molecule has 0 radical (unpaired) electrons. The maximum atomic E-state index is 12.9. The largest absolute Gasteiger partial charge is 0.366 e. The van der Waals surface area contributed by atoms with Gasteiger partial charge in [0.05, 0.1) is 12.1 Å². The molecule has 5 heteroatoms. The zero-order valence-corrected chi connectivity index (χ0v) is 14.1. The SMILES string of the molecule is CC[C@H](C(=O)N1CCC(Nc2cnccn2)CC1)c1ccccc1. The normalized spacial score (nSPS) is 16.6. The summed E-state index contributed by atoms with van der Waals surface area (Å²) >= 11 is 0. The van der Waals surface area contributed by atoms with Crippen LogP contribution >= 0.6 is 0 Å². The summed E-state index contributed by atoms with van der Waals surface area (Å²) in [6, 6.07) is 10.4. The molecule has 2 heterocycles. The summed E-state index contributed by atoms with van der Waals surface area (Å²) < 4.78 is 0. The van der Waals surface area contributed by atoms with Gasteiger partial charge < -0.3 is 10.2 Å². The van der Waals surface area contributed by atoms with E-state index in [0.29, 0.717) is 6.04 Å². The molecule has 1 saturated heterocycles. The van der Waals surface area contributed by atoms with Crippen LogP contribution in [0.1, 0.15) is 37.7 Å². The van der Waals surface area contributed by atoms with E-state index in [9.17, 15) is 4.79 Å². The van der Waals surface area contributed by atoms with E-state index in [1.54, 1.807) is 18.6 Å². The highest BCUT2D eigenvalue weighted by Gasteiger charge is 2.28. The number of carbonyl (C=O) groups excluding carboxylic acids is 1. The standard InChI is InChI=1S/C19H24N4O/c1-2-17(15-6-4-3-5-7-15)19(24)23-12-8-16(9-13-23)22-18-14-20-10-11-21-18/h3-7,10-11,14,16-17H,2,8-9,12-13H2,1H3,(H,21,22)/t17-/m0/s1. The van der Waals surface area contributed by atoms with Gasteiger partial charge in [-0.05, 0) is 24.8 Å². The Morgan fingerprint density at radius 3 is 2.62 bits per heavy atom. The third-order valence-corrected chi connectivity index (χ3v) is 4.63. The van der Waals surface area contributed by atoms with Gasteiger partial charge >= 0.3 is 0 Å². The van der Waals surface area contributed by atoms with Gasteiger partial charge in [-0.1, -0.05) is 37.3 Å². The molecule has 1 fully saturated rings. The van der Waals surface area contributed by atoms with E-state index >= 15 is 0 Å². The van der Waals surface area contributed by atoms with E-state index in [1.807, 2.05) is 23.1 Å². The van der Waals surface area contributed by atoms with Gasteiger partial charge in [0.25, 0.3) is 0 Å². The van der Waals surface area contributed by atoms with Gasteiger partial charge in [-0.15, -0.1) is 0 Å². The summed E-state index contributed by atoms with van der Waals surface area (Å²) in [5.41, 5.74) is 1.12. The van der Waals surface area contributed by atoms with Crippen molar-refractivity contribution in [2.24, 2.45) is 0 Å². The highest BCUT2D eigenvalue weighted by Crippen LogP contribution is 2.24. The molecule has 1 N–H and O–H groups in total. The number of likely N-dealkylation sites (tertiary alicyclic amines) is 1. The lowest BCUT2D eigenvalue weighted by Crippen LogP contribution is -2.44. The molecule has 1 aliphatic heterocycles. The van der Waals surface area contributed by atoms with Crippen LogP contribution in [0, 0.1) is 0 Å². The molecule has 1 atom stereocenters. The van der Waals surface area contributed by atoms with E-state index < -0.39 is 0 Å². The monoisotopic (exact) mass is 324 g/mol. The molecule has 24 heavy (non-hydrogen) atoms. The molecule has 0 spiro atoms. The highest BCUT2D eigenvalue weighted by atomic mass is 16.2. The highest BCUT2D eigenvalue weighted by molar-refractivity contribution is 5.83. The fourth-order valence-electron chi connectivity index (χ4n) is 3.29. The molecule has 5 nitrogen and oxygen atoms in total. The fraction of sp³-hybridized carbons (Fsp3) is 0.421. The molecule has 3 rings (SSSR count). The Morgan fingerprint density at radius 2 is 2.00 bits per heavy atom. The number of rotatable bonds is 5. The van der Waals surface area contributed by atoms with E-state index in [4.69, 9.17) is 0 Å². The van der Waals surface area contributed by atoms with Crippen molar-refractivity contribution < 1.29 is 4.79 Å². The van der Waals surface area contributed by atoms with Crippen LogP contribution in [-0.4, -0.2) is 39.9 Å². The Kier molecular flexibility index (Phi) is 5.41. The number of nitrogens with one attached hydrogen (secondary N) is 1. The molecule has 1 aliphatic rings. The summed E-state index contributed by atoms with van der Waals surface area (Å²) in [5.74, 6) is 1.02. The van der Waals surface area contributed by atoms with Gasteiger partial charge in [0.15, 0.2) is 0 Å². The van der Waals surface area contributed by atoms with Crippen LogP contribution in [0.3, 0.4) is 0 Å². The fourth-order valence-corrected chi connectivity index (χ4v) is 3.29. The van der Waals surface area contributed by atoms with Gasteiger partial charge in [0.2, 0.25) is 5.91 Å². The summed E-state index contributed by atoms with van der Waals surface area (Å²) in [7, 11) is 0. The van der Waals surface area contributed by atoms with Crippen molar-refractivity contribution in [3.05, 3.63) is 54.5 Å². The molecule has 1 aromatic heterocycles. The first-order valence-corrected chi connectivity index (χ1v) is 8.64. The van der Waals surface area contributed by atoms with Crippen molar-refractivity contribution in [3.63, 3.8) is 0 Å². The molecule has 2 aromatic rings. The minimum absolute atomic E-state index is 0.0318. The molecule has 0 saturated carbocycles. The lowest BCUT2D eigenvalue weighted by Gasteiger charge is -2.34. The third-order valence-electron chi connectivity index (χ3n) is 4.63. The quantitative estimate of drug-likeness (QED) is 0.918. The van der Waals surface area contributed by atoms with Crippen LogP contribution < -0.4 is 5.32 Å². The van der Waals surface area contributed by atoms with Crippen molar-refractivity contribution in [1.82, 2.24) is 14.9 Å². The Hall–Kier alpha value is -2.43. The number of nitrogens with zero attached hydrogens (tertiary/aromatic N) is 3. The Labute approximate surface area is 143 Å². The third kappa shape index (κ3) is 3.91. The van der Waals surface area contributed by atoms with Crippen molar-refractivity contribution >= 4 is 11.7 Å². The van der Waals surface area contributed by atoms with Crippen LogP contribution in [-0.2, 0) is 4.79 Å². The zero-order chi connectivity index (χ0) is 16.8. The zero-order valence-electron chi connectivity index (χ0n) is 14.1. The molecule has 126 valence electrons. The summed E-state index contributed by atoms with van der Waals surface area (Å²) in [4.78, 5) is 23.2. The van der Waals surface area contributed by atoms with Gasteiger partial charge in [0, 0.05) is 31.5 Å². The number of anilines is 1. The number of benzene rings is 1. The molecule has 1 aromatic carbocycles. The van der Waals surface area contributed by atoms with E-state index in [0.717, 1.165) is 43.7 Å². The van der Waals surface area contributed by atoms with Crippen LogP contribution in [0.5, 0.6) is 0 Å². The number of piperidine rings is 1. The molecule has 1 amide bonds. The smallest absolute Gasteiger partial charge is 0.230 e. The van der Waals surface area contributed by atoms with Crippen molar-refractivity contribution in [2.75, 3.05) is 18.4 Å². The van der Waals surface area contributed by atoms with Crippen LogP contribution in [0.2, 0.25) is 0 Å². The molecular formula is C19H24N4O. The first-order chi connectivity index (χ1) is 11.8.